The normalized spacial score (nSPS) is 17.7. The standard InChI is InChI=1S/C19H20ClN3O4S/c1-26-18-5-4-16(10-17(18)20)28(24,25)23-8-2-3-15(12-23)13-27-19-9-14(11-21)6-7-22-19/h4-7,9-10,15H,2-3,8,12-13H2,1H3. The lowest BCUT2D eigenvalue weighted by Gasteiger charge is -2.31. The summed E-state index contributed by atoms with van der Waals surface area (Å²) in [5.74, 6) is 0.823. The Morgan fingerprint density at radius 1 is 1.36 bits per heavy atom. The molecule has 2 aromatic rings. The van der Waals surface area contributed by atoms with Crippen LogP contribution in [0.5, 0.6) is 11.6 Å². The average molecular weight is 422 g/mol. The van der Waals surface area contributed by atoms with E-state index in [1.54, 1.807) is 18.2 Å². The first-order chi connectivity index (χ1) is 13.4. The maximum Gasteiger partial charge on any atom is 0.243 e. The number of halogens is 1. The summed E-state index contributed by atoms with van der Waals surface area (Å²) in [6.45, 7) is 1.13. The minimum absolute atomic E-state index is 0.0322. The number of methoxy groups -OCH3 is 1. The van der Waals surface area contributed by atoms with Crippen molar-refractivity contribution in [2.45, 2.75) is 17.7 Å². The zero-order valence-electron chi connectivity index (χ0n) is 15.3. The molecule has 1 saturated heterocycles. The van der Waals surface area contributed by atoms with Gasteiger partial charge in [0, 0.05) is 31.3 Å². The van der Waals surface area contributed by atoms with Crippen molar-refractivity contribution in [3.05, 3.63) is 47.1 Å². The molecule has 7 nitrogen and oxygen atoms in total. The van der Waals surface area contributed by atoms with Gasteiger partial charge in [0.25, 0.3) is 0 Å². The maximum absolute atomic E-state index is 13.0. The van der Waals surface area contributed by atoms with Gasteiger partial charge in [-0.2, -0.15) is 9.57 Å². The van der Waals surface area contributed by atoms with Gasteiger partial charge in [-0.3, -0.25) is 0 Å². The monoisotopic (exact) mass is 421 g/mol. The van der Waals surface area contributed by atoms with E-state index < -0.39 is 10.0 Å². The first-order valence-corrected chi connectivity index (χ1v) is 10.6. The molecule has 1 atom stereocenters. The number of nitriles is 1. The number of nitrogens with zero attached hydrogens (tertiary/aromatic N) is 3. The molecule has 1 fully saturated rings. The van der Waals surface area contributed by atoms with Crippen molar-refractivity contribution in [3.8, 4) is 17.7 Å². The average Bonchev–Trinajstić information content (AvgIpc) is 2.72. The van der Waals surface area contributed by atoms with E-state index in [0.29, 0.717) is 36.9 Å². The highest BCUT2D eigenvalue weighted by molar-refractivity contribution is 7.89. The summed E-state index contributed by atoms with van der Waals surface area (Å²) >= 11 is 6.09. The molecule has 28 heavy (non-hydrogen) atoms. The lowest BCUT2D eigenvalue weighted by Crippen LogP contribution is -2.41. The number of rotatable bonds is 6. The van der Waals surface area contributed by atoms with Gasteiger partial charge >= 0.3 is 0 Å². The number of piperidine rings is 1. The van der Waals surface area contributed by atoms with Crippen LogP contribution in [0, 0.1) is 17.2 Å². The van der Waals surface area contributed by atoms with Crippen LogP contribution in [0.4, 0.5) is 0 Å². The minimum Gasteiger partial charge on any atom is -0.495 e. The predicted molar refractivity (Wildman–Crippen MR) is 104 cm³/mol. The molecule has 148 valence electrons. The molecular weight excluding hydrogens is 402 g/mol. The third kappa shape index (κ3) is 4.55. The van der Waals surface area contributed by atoms with E-state index in [4.69, 9.17) is 26.3 Å². The lowest BCUT2D eigenvalue weighted by molar-refractivity contribution is 0.176. The topological polar surface area (TPSA) is 92.5 Å². The Labute approximate surface area is 169 Å². The second-order valence-corrected chi connectivity index (χ2v) is 8.82. The van der Waals surface area contributed by atoms with Crippen LogP contribution in [0.15, 0.2) is 41.4 Å². The Morgan fingerprint density at radius 2 is 2.18 bits per heavy atom. The molecule has 0 amide bonds. The molecule has 1 aromatic carbocycles. The fraction of sp³-hybridized carbons (Fsp3) is 0.368. The molecule has 0 spiro atoms. The molecule has 1 aliphatic heterocycles. The molecule has 0 N–H and O–H groups in total. The van der Waals surface area contributed by atoms with Crippen molar-refractivity contribution in [1.82, 2.24) is 9.29 Å². The zero-order chi connectivity index (χ0) is 20.1. The summed E-state index contributed by atoms with van der Waals surface area (Å²) in [5.41, 5.74) is 0.467. The van der Waals surface area contributed by atoms with Crippen molar-refractivity contribution in [2.24, 2.45) is 5.92 Å². The predicted octanol–water partition coefficient (Wildman–Crippen LogP) is 3.09. The number of aromatic nitrogens is 1. The van der Waals surface area contributed by atoms with E-state index in [1.165, 1.54) is 29.7 Å². The van der Waals surface area contributed by atoms with Gasteiger partial charge in [-0.15, -0.1) is 0 Å². The van der Waals surface area contributed by atoms with E-state index >= 15 is 0 Å². The second kappa shape index (κ2) is 8.78. The number of hydrogen-bond donors (Lipinski definition) is 0. The third-order valence-electron chi connectivity index (χ3n) is 4.57. The molecule has 2 heterocycles. The smallest absolute Gasteiger partial charge is 0.243 e. The van der Waals surface area contributed by atoms with Crippen molar-refractivity contribution < 1.29 is 17.9 Å². The highest BCUT2D eigenvalue weighted by Gasteiger charge is 2.31. The molecule has 1 aromatic heterocycles. The molecule has 0 radical (unpaired) electrons. The summed E-state index contributed by atoms with van der Waals surface area (Å²) in [5, 5.41) is 9.19. The van der Waals surface area contributed by atoms with Crippen LogP contribution in [0.1, 0.15) is 18.4 Å². The summed E-state index contributed by atoms with van der Waals surface area (Å²) < 4.78 is 38.2. The van der Waals surface area contributed by atoms with E-state index in [2.05, 4.69) is 4.98 Å². The fourth-order valence-electron chi connectivity index (χ4n) is 3.10. The Hall–Kier alpha value is -2.34. The molecule has 0 bridgehead atoms. The van der Waals surface area contributed by atoms with Crippen LogP contribution in [-0.4, -0.2) is 44.5 Å². The van der Waals surface area contributed by atoms with E-state index in [0.717, 1.165) is 12.8 Å². The molecular formula is C19H20ClN3O4S. The first kappa shape index (κ1) is 20.4. The molecule has 3 rings (SSSR count). The van der Waals surface area contributed by atoms with Gasteiger partial charge in [0.15, 0.2) is 0 Å². The summed E-state index contributed by atoms with van der Waals surface area (Å²) in [6, 6.07) is 9.66. The third-order valence-corrected chi connectivity index (χ3v) is 6.73. The van der Waals surface area contributed by atoms with Crippen LogP contribution >= 0.6 is 11.6 Å². The summed E-state index contributed by atoms with van der Waals surface area (Å²) in [4.78, 5) is 4.22. The largest absolute Gasteiger partial charge is 0.495 e. The van der Waals surface area contributed by atoms with E-state index in [1.807, 2.05) is 6.07 Å². The number of pyridine rings is 1. The van der Waals surface area contributed by atoms with Gasteiger partial charge in [0.1, 0.15) is 5.75 Å². The summed E-state index contributed by atoms with van der Waals surface area (Å²) in [7, 11) is -2.18. The van der Waals surface area contributed by atoms with Crippen molar-refractivity contribution in [3.63, 3.8) is 0 Å². The Morgan fingerprint density at radius 3 is 2.89 bits per heavy atom. The van der Waals surface area contributed by atoms with Gasteiger partial charge < -0.3 is 9.47 Å². The Bertz CT molecular complexity index is 991. The van der Waals surface area contributed by atoms with Crippen LogP contribution in [0.3, 0.4) is 0 Å². The Kier molecular flexibility index (Phi) is 6.39. The number of ether oxygens (including phenoxy) is 2. The quantitative estimate of drug-likeness (QED) is 0.711. The number of benzene rings is 1. The van der Waals surface area contributed by atoms with Crippen molar-refractivity contribution in [1.29, 1.82) is 5.26 Å². The van der Waals surface area contributed by atoms with E-state index in [9.17, 15) is 8.42 Å². The molecule has 0 aliphatic carbocycles. The van der Waals surface area contributed by atoms with Gasteiger partial charge in [0.2, 0.25) is 15.9 Å². The first-order valence-electron chi connectivity index (χ1n) is 8.76. The maximum atomic E-state index is 13.0. The van der Waals surface area contributed by atoms with Crippen LogP contribution in [0.25, 0.3) is 0 Å². The van der Waals surface area contributed by atoms with Crippen LogP contribution in [-0.2, 0) is 10.0 Å². The van der Waals surface area contributed by atoms with Gasteiger partial charge in [0.05, 0.1) is 35.3 Å². The molecule has 0 saturated carbocycles. The molecule has 1 unspecified atom stereocenters. The fourth-order valence-corrected chi connectivity index (χ4v) is 5.00. The minimum atomic E-state index is -3.66. The number of hydrogen-bond acceptors (Lipinski definition) is 6. The van der Waals surface area contributed by atoms with Crippen molar-refractivity contribution >= 4 is 21.6 Å². The molecule has 9 heteroatoms. The Balaban J connectivity index is 1.68. The van der Waals surface area contributed by atoms with Crippen molar-refractivity contribution in [2.75, 3.05) is 26.8 Å². The van der Waals surface area contributed by atoms with Crippen LogP contribution in [0.2, 0.25) is 5.02 Å². The zero-order valence-corrected chi connectivity index (χ0v) is 16.9. The molecule has 1 aliphatic rings. The highest BCUT2D eigenvalue weighted by atomic mass is 35.5. The second-order valence-electron chi connectivity index (χ2n) is 6.47. The lowest BCUT2D eigenvalue weighted by atomic mass is 10.0. The van der Waals surface area contributed by atoms with Gasteiger partial charge in [-0.05, 0) is 37.1 Å². The SMILES string of the molecule is COc1ccc(S(=O)(=O)N2CCCC(COc3cc(C#N)ccn3)C2)cc1Cl. The van der Waals surface area contributed by atoms with E-state index in [-0.39, 0.29) is 15.8 Å². The number of sulfonamides is 1. The van der Waals surface area contributed by atoms with Crippen LogP contribution < -0.4 is 9.47 Å². The van der Waals surface area contributed by atoms with Gasteiger partial charge in [-0.1, -0.05) is 11.6 Å². The van der Waals surface area contributed by atoms with Gasteiger partial charge in [-0.25, -0.2) is 13.4 Å². The highest BCUT2D eigenvalue weighted by Crippen LogP contribution is 2.30. The summed E-state index contributed by atoms with van der Waals surface area (Å²) in [6.07, 6.45) is 3.11.